The molecule has 1 N–H and O–H groups in total. The second-order valence-corrected chi connectivity index (χ2v) is 7.11. The predicted octanol–water partition coefficient (Wildman–Crippen LogP) is 3.68. The monoisotopic (exact) mass is 341 g/mol. The van der Waals surface area contributed by atoms with Gasteiger partial charge in [-0.1, -0.05) is 22.0 Å². The molecule has 2 aliphatic rings. The summed E-state index contributed by atoms with van der Waals surface area (Å²) in [5.41, 5.74) is 0.820. The van der Waals surface area contributed by atoms with E-state index in [1.165, 1.54) is 12.8 Å². The summed E-state index contributed by atoms with van der Waals surface area (Å²) in [5, 5.41) is 3.61. The maximum atomic E-state index is 14.1. The molecule has 3 rings (SSSR count). The first-order chi connectivity index (χ1) is 9.59. The first-order valence-electron chi connectivity index (χ1n) is 7.38. The van der Waals surface area contributed by atoms with Gasteiger partial charge in [-0.3, -0.25) is 0 Å². The highest BCUT2D eigenvalue weighted by molar-refractivity contribution is 9.10. The van der Waals surface area contributed by atoms with Crippen LogP contribution in [0.15, 0.2) is 22.7 Å². The average molecular weight is 342 g/mol. The molecule has 110 valence electrons. The van der Waals surface area contributed by atoms with Gasteiger partial charge in [0, 0.05) is 29.1 Å². The minimum atomic E-state index is -0.121. The molecule has 1 saturated heterocycles. The Balaban J connectivity index is 1.78. The zero-order valence-electron chi connectivity index (χ0n) is 11.8. The van der Waals surface area contributed by atoms with E-state index in [9.17, 15) is 4.39 Å². The van der Waals surface area contributed by atoms with Crippen LogP contribution >= 0.6 is 15.9 Å². The van der Waals surface area contributed by atoms with E-state index in [-0.39, 0.29) is 17.3 Å². The highest BCUT2D eigenvalue weighted by atomic mass is 79.9. The molecule has 0 spiro atoms. The lowest BCUT2D eigenvalue weighted by atomic mass is 9.76. The van der Waals surface area contributed by atoms with Crippen LogP contribution < -0.4 is 5.32 Å². The molecular weight excluding hydrogens is 321 g/mol. The molecule has 0 radical (unpaired) electrons. The Morgan fingerprint density at radius 1 is 1.45 bits per heavy atom. The maximum absolute atomic E-state index is 14.1. The Morgan fingerprint density at radius 3 is 2.85 bits per heavy atom. The normalized spacial score (nSPS) is 29.9. The number of nitrogens with one attached hydrogen (secondary N) is 1. The van der Waals surface area contributed by atoms with Crippen molar-refractivity contribution in [3.63, 3.8) is 0 Å². The van der Waals surface area contributed by atoms with Gasteiger partial charge in [0.25, 0.3) is 0 Å². The standard InChI is InChI=1S/C16H21BrFNO/c1-11-16(6-7-20-11,10-19-14-4-5-14)9-12-2-3-13(17)8-15(12)18/h2-3,8,11,14,19H,4-7,9-10H2,1H3. The van der Waals surface area contributed by atoms with Crippen molar-refractivity contribution < 1.29 is 9.13 Å². The molecule has 1 aromatic rings. The third kappa shape index (κ3) is 3.07. The zero-order valence-corrected chi connectivity index (χ0v) is 13.4. The number of benzene rings is 1. The van der Waals surface area contributed by atoms with Crippen LogP contribution in [0.2, 0.25) is 0 Å². The molecule has 1 aliphatic carbocycles. The van der Waals surface area contributed by atoms with Crippen LogP contribution in [0.4, 0.5) is 4.39 Å². The fourth-order valence-corrected chi connectivity index (χ4v) is 3.36. The quantitative estimate of drug-likeness (QED) is 0.881. The van der Waals surface area contributed by atoms with Crippen molar-refractivity contribution in [2.45, 2.75) is 44.8 Å². The minimum Gasteiger partial charge on any atom is -0.378 e. The van der Waals surface area contributed by atoms with Gasteiger partial charge in [-0.2, -0.15) is 0 Å². The summed E-state index contributed by atoms with van der Waals surface area (Å²) >= 11 is 3.32. The summed E-state index contributed by atoms with van der Waals surface area (Å²) in [6.45, 7) is 3.83. The molecule has 2 nitrogen and oxygen atoms in total. The fourth-order valence-electron chi connectivity index (χ4n) is 3.03. The van der Waals surface area contributed by atoms with Crippen LogP contribution in [-0.4, -0.2) is 25.3 Å². The Hall–Kier alpha value is -0.450. The summed E-state index contributed by atoms with van der Waals surface area (Å²) in [6, 6.07) is 6.04. The number of rotatable bonds is 5. The lowest BCUT2D eigenvalue weighted by molar-refractivity contribution is 0.0624. The molecule has 0 aromatic heterocycles. The van der Waals surface area contributed by atoms with Crippen LogP contribution in [0.1, 0.15) is 31.7 Å². The molecular formula is C16H21BrFNO. The molecule has 20 heavy (non-hydrogen) atoms. The van der Waals surface area contributed by atoms with Crippen molar-refractivity contribution >= 4 is 15.9 Å². The molecule has 1 aliphatic heterocycles. The lowest BCUT2D eigenvalue weighted by Gasteiger charge is -2.33. The zero-order chi connectivity index (χ0) is 14.2. The fraction of sp³-hybridized carbons (Fsp3) is 0.625. The van der Waals surface area contributed by atoms with E-state index in [4.69, 9.17) is 4.74 Å². The van der Waals surface area contributed by atoms with E-state index in [2.05, 4.69) is 28.2 Å². The van der Waals surface area contributed by atoms with Crippen molar-refractivity contribution in [3.8, 4) is 0 Å². The van der Waals surface area contributed by atoms with Gasteiger partial charge in [0.15, 0.2) is 0 Å². The maximum Gasteiger partial charge on any atom is 0.127 e. The van der Waals surface area contributed by atoms with E-state index >= 15 is 0 Å². The summed E-state index contributed by atoms with van der Waals surface area (Å²) in [6.07, 6.45) is 4.48. The van der Waals surface area contributed by atoms with Crippen LogP contribution in [0.3, 0.4) is 0 Å². The molecule has 1 heterocycles. The number of hydrogen-bond donors (Lipinski definition) is 1. The first-order valence-corrected chi connectivity index (χ1v) is 8.17. The highest BCUT2D eigenvalue weighted by Gasteiger charge is 2.42. The van der Waals surface area contributed by atoms with Crippen molar-refractivity contribution in [3.05, 3.63) is 34.1 Å². The summed E-state index contributed by atoms with van der Waals surface area (Å²) in [4.78, 5) is 0. The van der Waals surface area contributed by atoms with Gasteiger partial charge in [-0.05, 0) is 50.3 Å². The van der Waals surface area contributed by atoms with Gasteiger partial charge in [0.1, 0.15) is 5.82 Å². The molecule has 1 aromatic carbocycles. The van der Waals surface area contributed by atoms with E-state index in [0.717, 1.165) is 36.0 Å². The minimum absolute atomic E-state index is 0.0251. The molecule has 1 saturated carbocycles. The van der Waals surface area contributed by atoms with Crippen molar-refractivity contribution in [2.75, 3.05) is 13.2 Å². The lowest BCUT2D eigenvalue weighted by Crippen LogP contribution is -2.42. The van der Waals surface area contributed by atoms with Crippen LogP contribution in [0.25, 0.3) is 0 Å². The average Bonchev–Trinajstić information content (AvgIpc) is 3.17. The van der Waals surface area contributed by atoms with E-state index in [1.54, 1.807) is 6.07 Å². The van der Waals surface area contributed by atoms with Gasteiger partial charge in [0.2, 0.25) is 0 Å². The van der Waals surface area contributed by atoms with Gasteiger partial charge in [-0.25, -0.2) is 4.39 Å². The highest BCUT2D eigenvalue weighted by Crippen LogP contribution is 2.39. The van der Waals surface area contributed by atoms with Gasteiger partial charge >= 0.3 is 0 Å². The third-order valence-electron chi connectivity index (χ3n) is 4.71. The Kier molecular flexibility index (Phi) is 4.16. The van der Waals surface area contributed by atoms with E-state index in [1.807, 2.05) is 12.1 Å². The van der Waals surface area contributed by atoms with E-state index < -0.39 is 0 Å². The first kappa shape index (κ1) is 14.5. The second kappa shape index (κ2) is 5.74. The van der Waals surface area contributed by atoms with E-state index in [0.29, 0.717) is 6.04 Å². The molecule has 2 atom stereocenters. The number of hydrogen-bond acceptors (Lipinski definition) is 2. The molecule has 2 unspecified atom stereocenters. The summed E-state index contributed by atoms with van der Waals surface area (Å²) in [7, 11) is 0. The SMILES string of the molecule is CC1OCCC1(CNC1CC1)Cc1ccc(Br)cc1F. The van der Waals surface area contributed by atoms with Crippen LogP contribution in [0.5, 0.6) is 0 Å². The number of halogens is 2. The number of ether oxygens (including phenoxy) is 1. The van der Waals surface area contributed by atoms with Crippen LogP contribution in [0, 0.1) is 11.2 Å². The molecule has 4 heteroatoms. The van der Waals surface area contributed by atoms with Crippen molar-refractivity contribution in [1.82, 2.24) is 5.32 Å². The van der Waals surface area contributed by atoms with Crippen LogP contribution in [-0.2, 0) is 11.2 Å². The third-order valence-corrected chi connectivity index (χ3v) is 5.20. The Morgan fingerprint density at radius 2 is 2.25 bits per heavy atom. The Labute approximate surface area is 128 Å². The summed E-state index contributed by atoms with van der Waals surface area (Å²) in [5.74, 6) is -0.121. The second-order valence-electron chi connectivity index (χ2n) is 6.19. The predicted molar refractivity (Wildman–Crippen MR) is 81.3 cm³/mol. The topological polar surface area (TPSA) is 21.3 Å². The van der Waals surface area contributed by atoms with Gasteiger partial charge in [-0.15, -0.1) is 0 Å². The Bertz CT molecular complexity index is 491. The molecule has 2 fully saturated rings. The largest absolute Gasteiger partial charge is 0.378 e. The van der Waals surface area contributed by atoms with Crippen molar-refractivity contribution in [2.24, 2.45) is 5.41 Å². The van der Waals surface area contributed by atoms with Gasteiger partial charge in [0.05, 0.1) is 6.10 Å². The molecule has 0 amide bonds. The van der Waals surface area contributed by atoms with Crippen molar-refractivity contribution in [1.29, 1.82) is 0 Å². The van der Waals surface area contributed by atoms with Gasteiger partial charge < -0.3 is 10.1 Å². The molecule has 0 bridgehead atoms. The summed E-state index contributed by atoms with van der Waals surface area (Å²) < 4.78 is 20.7. The smallest absolute Gasteiger partial charge is 0.127 e.